The van der Waals surface area contributed by atoms with Crippen molar-refractivity contribution in [1.82, 2.24) is 34.9 Å². The number of aromatic nitrogens is 7. The summed E-state index contributed by atoms with van der Waals surface area (Å²) in [6, 6.07) is 0. The first kappa shape index (κ1) is 15.1. The van der Waals surface area contributed by atoms with Crippen molar-refractivity contribution in [3.63, 3.8) is 0 Å². The van der Waals surface area contributed by atoms with Gasteiger partial charge in [0.05, 0.1) is 24.5 Å². The van der Waals surface area contributed by atoms with Crippen LogP contribution >= 0.6 is 0 Å². The third-order valence-corrected chi connectivity index (χ3v) is 2.61. The van der Waals surface area contributed by atoms with Crippen LogP contribution in [0.3, 0.4) is 0 Å². The largest absolute Gasteiger partial charge is 0.369 e. The Kier molecular flexibility index (Phi) is 4.77. The number of nitrogens with one attached hydrogen (secondary N) is 2. The summed E-state index contributed by atoms with van der Waals surface area (Å²) in [6.07, 6.45) is 11.5. The molecule has 9 heteroatoms. The Balaban J connectivity index is 0.000000172. The number of nitrogens with zero attached hydrogens (tertiary/aromatic N) is 5. The number of aromatic amines is 2. The van der Waals surface area contributed by atoms with Gasteiger partial charge in [-0.15, -0.1) is 17.4 Å². The predicted octanol–water partition coefficient (Wildman–Crippen LogP) is -0.121. The molecule has 9 nitrogen and oxygen atoms in total. The van der Waals surface area contributed by atoms with Crippen LogP contribution < -0.4 is 11.5 Å². The number of anilines is 2. The smallest absolute Gasteiger partial charge is 0.197 e. The molecule has 6 N–H and O–H groups in total. The van der Waals surface area contributed by atoms with E-state index in [2.05, 4.69) is 36.2 Å². The van der Waals surface area contributed by atoms with Gasteiger partial charge in [0.15, 0.2) is 11.9 Å². The fourth-order valence-electron chi connectivity index (χ4n) is 1.71. The van der Waals surface area contributed by atoms with Crippen LogP contribution in [0.4, 0.5) is 11.9 Å². The van der Waals surface area contributed by atoms with Gasteiger partial charge < -0.3 is 21.4 Å². The molecule has 0 fully saturated rings. The maximum absolute atomic E-state index is 5.43. The van der Waals surface area contributed by atoms with E-state index in [1.54, 1.807) is 17.1 Å². The molecule has 0 radical (unpaired) electrons. The van der Waals surface area contributed by atoms with Gasteiger partial charge >= 0.3 is 0 Å². The van der Waals surface area contributed by atoms with E-state index in [-0.39, 0.29) is 0 Å². The molecule has 0 unspecified atom stereocenters. The maximum Gasteiger partial charge on any atom is 0.197 e. The average molecular weight is 299 g/mol. The van der Waals surface area contributed by atoms with Crippen LogP contribution in [0.5, 0.6) is 0 Å². The molecule has 0 amide bonds. The maximum atomic E-state index is 5.43. The van der Waals surface area contributed by atoms with Crippen molar-refractivity contribution in [2.75, 3.05) is 11.5 Å². The van der Waals surface area contributed by atoms with Gasteiger partial charge in [-0.3, -0.25) is 4.68 Å². The number of rotatable bonds is 3. The van der Waals surface area contributed by atoms with Gasteiger partial charge in [0.2, 0.25) is 0 Å². The molecule has 0 saturated carbocycles. The lowest BCUT2D eigenvalue weighted by Crippen LogP contribution is -1.90. The highest BCUT2D eigenvalue weighted by molar-refractivity contribution is 5.21. The highest BCUT2D eigenvalue weighted by Crippen LogP contribution is 2.04. The van der Waals surface area contributed by atoms with Crippen LogP contribution in [0.25, 0.3) is 0 Å². The molecular formula is C13H17N9. The standard InChI is InChI=1S/C7H10N6.C6H7N3/c1-13-4-6(11-12-13)2-5-3-9-7(8)10-5;1-2-3-5-4-8-6(7)9-5/h3-4H,2H2,1H3,(H3,8,9,10);1,4H,3H2,(H3,7,8,9). The van der Waals surface area contributed by atoms with Gasteiger partial charge in [0, 0.05) is 31.1 Å². The summed E-state index contributed by atoms with van der Waals surface area (Å²) in [5.41, 5.74) is 13.4. The molecular weight excluding hydrogens is 282 g/mol. The van der Waals surface area contributed by atoms with Crippen molar-refractivity contribution in [2.45, 2.75) is 12.8 Å². The average Bonchev–Trinajstić information content (AvgIpc) is 3.16. The molecule has 114 valence electrons. The van der Waals surface area contributed by atoms with E-state index in [0.29, 0.717) is 24.7 Å². The highest BCUT2D eigenvalue weighted by Gasteiger charge is 2.02. The summed E-state index contributed by atoms with van der Waals surface area (Å²) in [5, 5.41) is 7.77. The minimum absolute atomic E-state index is 0.417. The van der Waals surface area contributed by atoms with E-state index < -0.39 is 0 Å². The Bertz CT molecular complexity index is 720. The van der Waals surface area contributed by atoms with Crippen molar-refractivity contribution in [3.05, 3.63) is 35.7 Å². The Morgan fingerprint density at radius 3 is 2.27 bits per heavy atom. The number of nitrogen functional groups attached to an aromatic ring is 2. The predicted molar refractivity (Wildman–Crippen MR) is 82.3 cm³/mol. The number of imidazole rings is 2. The van der Waals surface area contributed by atoms with E-state index in [4.69, 9.17) is 17.9 Å². The Labute approximate surface area is 127 Å². The molecule has 22 heavy (non-hydrogen) atoms. The normalized spacial score (nSPS) is 9.82. The topological polar surface area (TPSA) is 140 Å². The number of terminal acetylenes is 1. The van der Waals surface area contributed by atoms with Crippen LogP contribution in [-0.4, -0.2) is 34.9 Å². The van der Waals surface area contributed by atoms with Crippen molar-refractivity contribution >= 4 is 11.9 Å². The summed E-state index contributed by atoms with van der Waals surface area (Å²) in [7, 11) is 1.83. The van der Waals surface area contributed by atoms with Gasteiger partial charge in [-0.2, -0.15) is 0 Å². The molecule has 0 bridgehead atoms. The lowest BCUT2D eigenvalue weighted by Gasteiger charge is -1.89. The number of hydrogen-bond donors (Lipinski definition) is 4. The Morgan fingerprint density at radius 2 is 1.82 bits per heavy atom. The fraction of sp³-hybridized carbons (Fsp3) is 0.231. The molecule has 3 aromatic rings. The molecule has 0 aliphatic rings. The van der Waals surface area contributed by atoms with Gasteiger partial charge in [-0.1, -0.05) is 5.21 Å². The van der Waals surface area contributed by atoms with Crippen molar-refractivity contribution in [3.8, 4) is 12.3 Å². The summed E-state index contributed by atoms with van der Waals surface area (Å²) < 4.78 is 1.66. The quantitative estimate of drug-likeness (QED) is 0.497. The second-order valence-electron chi connectivity index (χ2n) is 4.53. The van der Waals surface area contributed by atoms with E-state index in [0.717, 1.165) is 17.1 Å². The zero-order chi connectivity index (χ0) is 15.9. The monoisotopic (exact) mass is 299 g/mol. The first-order valence-corrected chi connectivity index (χ1v) is 6.44. The summed E-state index contributed by atoms with van der Waals surface area (Å²) in [4.78, 5) is 13.4. The number of H-pyrrole nitrogens is 2. The first-order chi connectivity index (χ1) is 10.6. The molecule has 3 heterocycles. The molecule has 0 aliphatic heterocycles. The van der Waals surface area contributed by atoms with Crippen molar-refractivity contribution < 1.29 is 0 Å². The van der Waals surface area contributed by atoms with Crippen LogP contribution in [0.1, 0.15) is 17.1 Å². The lowest BCUT2D eigenvalue weighted by atomic mass is 10.3. The van der Waals surface area contributed by atoms with E-state index >= 15 is 0 Å². The van der Waals surface area contributed by atoms with E-state index in [9.17, 15) is 0 Å². The number of hydrogen-bond acceptors (Lipinski definition) is 6. The third-order valence-electron chi connectivity index (χ3n) is 2.61. The van der Waals surface area contributed by atoms with Crippen LogP contribution in [0, 0.1) is 12.3 Å². The van der Waals surface area contributed by atoms with Gasteiger partial charge in [-0.05, 0) is 0 Å². The van der Waals surface area contributed by atoms with E-state index in [1.807, 2.05) is 13.2 Å². The van der Waals surface area contributed by atoms with Crippen molar-refractivity contribution in [1.29, 1.82) is 0 Å². The Morgan fingerprint density at radius 1 is 1.18 bits per heavy atom. The molecule has 3 aromatic heterocycles. The number of nitrogens with two attached hydrogens (primary N) is 2. The second kappa shape index (κ2) is 6.94. The van der Waals surface area contributed by atoms with Crippen LogP contribution in [0.2, 0.25) is 0 Å². The first-order valence-electron chi connectivity index (χ1n) is 6.44. The molecule has 3 rings (SSSR count). The van der Waals surface area contributed by atoms with Crippen molar-refractivity contribution in [2.24, 2.45) is 7.05 Å². The fourth-order valence-corrected chi connectivity index (χ4v) is 1.71. The highest BCUT2D eigenvalue weighted by atomic mass is 15.4. The second-order valence-corrected chi connectivity index (χ2v) is 4.53. The lowest BCUT2D eigenvalue weighted by molar-refractivity contribution is 0.713. The molecule has 0 saturated heterocycles. The van der Waals surface area contributed by atoms with Crippen LogP contribution in [-0.2, 0) is 19.9 Å². The third kappa shape index (κ3) is 4.38. The van der Waals surface area contributed by atoms with E-state index in [1.165, 1.54) is 0 Å². The summed E-state index contributed by atoms with van der Waals surface area (Å²) in [6.45, 7) is 0. The molecule has 0 aromatic carbocycles. The summed E-state index contributed by atoms with van der Waals surface area (Å²) >= 11 is 0. The summed E-state index contributed by atoms with van der Waals surface area (Å²) in [5.74, 6) is 3.32. The van der Waals surface area contributed by atoms with Gasteiger partial charge in [0.1, 0.15) is 0 Å². The molecule has 0 aliphatic carbocycles. The number of aryl methyl sites for hydroxylation is 1. The van der Waals surface area contributed by atoms with Gasteiger partial charge in [0.25, 0.3) is 0 Å². The molecule has 0 atom stereocenters. The Hall–Kier alpha value is -3.28. The zero-order valence-corrected chi connectivity index (χ0v) is 12.1. The SMILES string of the molecule is C#CCc1cnc(N)[nH]1.Cn1cc(Cc2cnc(N)[nH]2)nn1. The minimum atomic E-state index is 0.417. The zero-order valence-electron chi connectivity index (χ0n) is 12.1. The minimum Gasteiger partial charge on any atom is -0.369 e. The molecule has 0 spiro atoms. The van der Waals surface area contributed by atoms with Gasteiger partial charge in [-0.25, -0.2) is 9.97 Å². The van der Waals surface area contributed by atoms with Crippen LogP contribution in [0.15, 0.2) is 18.6 Å².